The lowest BCUT2D eigenvalue weighted by molar-refractivity contribution is -0.175. The third-order valence-corrected chi connectivity index (χ3v) is 1.96. The SMILES string of the molecule is CC(C)(C)OC(=O)N1C(=O)C(O)C1C(F)F. The van der Waals surface area contributed by atoms with E-state index in [9.17, 15) is 18.4 Å². The fourth-order valence-corrected chi connectivity index (χ4v) is 1.27. The maximum atomic E-state index is 12.4. The van der Waals surface area contributed by atoms with E-state index < -0.39 is 36.2 Å². The van der Waals surface area contributed by atoms with Gasteiger partial charge in [-0.2, -0.15) is 0 Å². The van der Waals surface area contributed by atoms with Gasteiger partial charge in [0.2, 0.25) is 0 Å². The fourth-order valence-electron chi connectivity index (χ4n) is 1.27. The van der Waals surface area contributed by atoms with Gasteiger partial charge in [0.15, 0.2) is 6.10 Å². The summed E-state index contributed by atoms with van der Waals surface area (Å²) in [4.78, 5) is 22.6. The molecule has 5 nitrogen and oxygen atoms in total. The van der Waals surface area contributed by atoms with Crippen LogP contribution in [-0.4, -0.2) is 46.2 Å². The summed E-state index contributed by atoms with van der Waals surface area (Å²) >= 11 is 0. The van der Waals surface area contributed by atoms with Gasteiger partial charge >= 0.3 is 6.09 Å². The molecule has 1 aliphatic rings. The molecule has 16 heavy (non-hydrogen) atoms. The van der Waals surface area contributed by atoms with E-state index >= 15 is 0 Å². The normalized spacial score (nSPS) is 25.7. The van der Waals surface area contributed by atoms with Crippen molar-refractivity contribution in [1.29, 1.82) is 0 Å². The van der Waals surface area contributed by atoms with Crippen LogP contribution in [0.25, 0.3) is 0 Å². The highest BCUT2D eigenvalue weighted by Gasteiger charge is 2.55. The molecule has 0 radical (unpaired) electrons. The van der Waals surface area contributed by atoms with Crippen molar-refractivity contribution in [2.75, 3.05) is 0 Å². The van der Waals surface area contributed by atoms with Gasteiger partial charge in [0.1, 0.15) is 11.6 Å². The highest BCUT2D eigenvalue weighted by molar-refractivity contribution is 6.01. The van der Waals surface area contributed by atoms with Crippen molar-refractivity contribution in [2.24, 2.45) is 0 Å². The molecule has 1 fully saturated rings. The first-order valence-electron chi connectivity index (χ1n) is 4.67. The van der Waals surface area contributed by atoms with Crippen molar-refractivity contribution in [3.05, 3.63) is 0 Å². The Bertz CT molecular complexity index is 313. The van der Waals surface area contributed by atoms with Gasteiger partial charge < -0.3 is 9.84 Å². The zero-order chi connectivity index (χ0) is 12.7. The van der Waals surface area contributed by atoms with Gasteiger partial charge in [-0.05, 0) is 20.8 Å². The van der Waals surface area contributed by atoms with E-state index in [0.29, 0.717) is 0 Å². The molecule has 1 aliphatic heterocycles. The summed E-state index contributed by atoms with van der Waals surface area (Å²) in [5.74, 6) is -1.06. The number of carbonyl (C=O) groups is 2. The van der Waals surface area contributed by atoms with Crippen molar-refractivity contribution >= 4 is 12.0 Å². The highest BCUT2D eigenvalue weighted by atomic mass is 19.3. The van der Waals surface area contributed by atoms with Gasteiger partial charge in [0.25, 0.3) is 12.3 Å². The van der Waals surface area contributed by atoms with Gasteiger partial charge in [-0.3, -0.25) is 4.79 Å². The number of aliphatic hydroxyl groups excluding tert-OH is 1. The number of carbonyl (C=O) groups excluding carboxylic acids is 2. The van der Waals surface area contributed by atoms with Gasteiger partial charge in [0, 0.05) is 0 Å². The molecule has 1 rings (SSSR count). The monoisotopic (exact) mass is 237 g/mol. The molecule has 0 bridgehead atoms. The third kappa shape index (κ3) is 2.29. The second-order valence-corrected chi connectivity index (χ2v) is 4.46. The minimum absolute atomic E-state index is 0.251. The fraction of sp³-hybridized carbons (Fsp3) is 0.778. The lowest BCUT2D eigenvalue weighted by Gasteiger charge is -2.42. The summed E-state index contributed by atoms with van der Waals surface area (Å²) in [6.07, 6.45) is -5.97. The number of hydrogen-bond acceptors (Lipinski definition) is 4. The Kier molecular flexibility index (Phi) is 3.18. The number of ether oxygens (including phenoxy) is 1. The number of rotatable bonds is 1. The Hall–Kier alpha value is -1.24. The highest BCUT2D eigenvalue weighted by Crippen LogP contribution is 2.27. The molecule has 1 N–H and O–H groups in total. The van der Waals surface area contributed by atoms with Crippen LogP contribution in [-0.2, 0) is 9.53 Å². The molecule has 92 valence electrons. The predicted octanol–water partition coefficient (Wildman–Crippen LogP) is 0.758. The average molecular weight is 237 g/mol. The first-order valence-corrected chi connectivity index (χ1v) is 4.67. The number of likely N-dealkylation sites (tertiary alicyclic amines) is 1. The minimum atomic E-state index is -2.99. The molecule has 2 unspecified atom stereocenters. The van der Waals surface area contributed by atoms with Crippen LogP contribution < -0.4 is 0 Å². The number of aliphatic hydroxyl groups is 1. The van der Waals surface area contributed by atoms with Gasteiger partial charge in [-0.15, -0.1) is 0 Å². The molecule has 0 aromatic carbocycles. The summed E-state index contributed by atoms with van der Waals surface area (Å²) in [5.41, 5.74) is -0.884. The van der Waals surface area contributed by atoms with E-state index in [-0.39, 0.29) is 4.90 Å². The van der Waals surface area contributed by atoms with Crippen LogP contribution in [0.3, 0.4) is 0 Å². The number of amides is 2. The van der Waals surface area contributed by atoms with E-state index in [1.807, 2.05) is 0 Å². The second-order valence-electron chi connectivity index (χ2n) is 4.46. The molecule has 0 saturated carbocycles. The first kappa shape index (κ1) is 12.8. The standard InChI is InChI=1S/C9H13F2NO4/c1-9(2,3)16-8(15)12-4(6(10)11)5(13)7(12)14/h4-6,13H,1-3H3. The molecule has 1 saturated heterocycles. The lowest BCUT2D eigenvalue weighted by atomic mass is 9.99. The van der Waals surface area contributed by atoms with E-state index in [1.54, 1.807) is 20.8 Å². The van der Waals surface area contributed by atoms with Gasteiger partial charge in [-0.1, -0.05) is 0 Å². The summed E-state index contributed by atoms with van der Waals surface area (Å²) in [7, 11) is 0. The third-order valence-electron chi connectivity index (χ3n) is 1.96. The Morgan fingerprint density at radius 3 is 2.38 bits per heavy atom. The van der Waals surface area contributed by atoms with Crippen LogP contribution >= 0.6 is 0 Å². The van der Waals surface area contributed by atoms with Crippen LogP contribution in [0.2, 0.25) is 0 Å². The quantitative estimate of drug-likeness (QED) is 0.684. The van der Waals surface area contributed by atoms with Crippen LogP contribution in [0.4, 0.5) is 13.6 Å². The molecule has 0 aliphatic carbocycles. The van der Waals surface area contributed by atoms with E-state index in [2.05, 4.69) is 0 Å². The maximum Gasteiger partial charge on any atom is 0.417 e. The Morgan fingerprint density at radius 2 is 2.00 bits per heavy atom. The lowest BCUT2D eigenvalue weighted by Crippen LogP contribution is -2.69. The van der Waals surface area contributed by atoms with E-state index in [4.69, 9.17) is 9.84 Å². The zero-order valence-corrected chi connectivity index (χ0v) is 9.11. The van der Waals surface area contributed by atoms with Gasteiger partial charge in [-0.25, -0.2) is 18.5 Å². The molecule has 2 atom stereocenters. The average Bonchev–Trinajstić information content (AvgIpc) is 2.08. The summed E-state index contributed by atoms with van der Waals surface area (Å²) in [6, 6.07) is -1.80. The Balaban J connectivity index is 2.73. The van der Waals surface area contributed by atoms with Crippen molar-refractivity contribution in [1.82, 2.24) is 4.90 Å². The van der Waals surface area contributed by atoms with Gasteiger partial charge in [0.05, 0.1) is 0 Å². The Labute approximate surface area is 91.0 Å². The number of alkyl halides is 2. The summed E-state index contributed by atoms with van der Waals surface area (Å²) in [6.45, 7) is 4.63. The Morgan fingerprint density at radius 1 is 1.50 bits per heavy atom. The number of hydrogen-bond donors (Lipinski definition) is 1. The molecule has 0 spiro atoms. The number of nitrogens with zero attached hydrogens (tertiary/aromatic N) is 1. The maximum absolute atomic E-state index is 12.4. The van der Waals surface area contributed by atoms with E-state index in [1.165, 1.54) is 0 Å². The van der Waals surface area contributed by atoms with E-state index in [0.717, 1.165) is 0 Å². The number of halogens is 2. The largest absolute Gasteiger partial charge is 0.443 e. The predicted molar refractivity (Wildman–Crippen MR) is 48.9 cm³/mol. The molecule has 1 heterocycles. The zero-order valence-electron chi connectivity index (χ0n) is 9.11. The molecule has 0 aromatic rings. The second kappa shape index (κ2) is 3.97. The first-order chi connectivity index (χ1) is 7.15. The van der Waals surface area contributed by atoms with Crippen molar-refractivity contribution < 1.29 is 28.2 Å². The summed E-state index contributed by atoms with van der Waals surface area (Å²) in [5, 5.41) is 8.99. The summed E-state index contributed by atoms with van der Waals surface area (Å²) < 4.78 is 29.5. The van der Waals surface area contributed by atoms with Crippen LogP contribution in [0, 0.1) is 0 Å². The number of β-lactam (4-membered cyclic amide) rings is 1. The molecular weight excluding hydrogens is 224 g/mol. The van der Waals surface area contributed by atoms with Crippen LogP contribution in [0.15, 0.2) is 0 Å². The topological polar surface area (TPSA) is 66.8 Å². The smallest absolute Gasteiger partial charge is 0.417 e. The van der Waals surface area contributed by atoms with Crippen LogP contribution in [0.1, 0.15) is 20.8 Å². The van der Waals surface area contributed by atoms with Crippen LogP contribution in [0.5, 0.6) is 0 Å². The molecular formula is C9H13F2NO4. The molecule has 0 aromatic heterocycles. The molecule has 7 heteroatoms. The van der Waals surface area contributed by atoms with Crippen molar-refractivity contribution in [3.8, 4) is 0 Å². The van der Waals surface area contributed by atoms with Crippen molar-refractivity contribution in [3.63, 3.8) is 0 Å². The minimum Gasteiger partial charge on any atom is -0.443 e. The molecule has 2 amide bonds. The van der Waals surface area contributed by atoms with Crippen molar-refractivity contribution in [2.45, 2.75) is 44.9 Å². The number of imide groups is 1.